The third-order valence-corrected chi connectivity index (χ3v) is 4.76. The van der Waals surface area contributed by atoms with Crippen molar-refractivity contribution < 1.29 is 18.3 Å². The number of amides is 1. The van der Waals surface area contributed by atoms with Crippen molar-refractivity contribution in [2.45, 2.75) is 39.3 Å². The lowest BCUT2D eigenvalue weighted by molar-refractivity contribution is 0.0963. The fraction of sp³-hybridized carbons (Fsp3) is 0.474. The van der Waals surface area contributed by atoms with Crippen LogP contribution in [0.2, 0.25) is 0 Å². The molecule has 1 aromatic carbocycles. The molecular formula is C19H25FN4O3. The van der Waals surface area contributed by atoms with Gasteiger partial charge in [0, 0.05) is 30.1 Å². The van der Waals surface area contributed by atoms with E-state index < -0.39 is 0 Å². The first-order valence-electron chi connectivity index (χ1n) is 9.13. The number of nitrogens with zero attached hydrogens (tertiary/aromatic N) is 2. The molecule has 0 spiro atoms. The Bertz CT molecular complexity index is 841. The average Bonchev–Trinajstić information content (AvgIpc) is 2.96. The molecule has 7 nitrogen and oxygen atoms in total. The Kier molecular flexibility index (Phi) is 5.83. The van der Waals surface area contributed by atoms with Crippen LogP contribution in [0.3, 0.4) is 0 Å². The van der Waals surface area contributed by atoms with Crippen LogP contribution in [0.5, 0.6) is 0 Å². The van der Waals surface area contributed by atoms with Gasteiger partial charge in [-0.1, -0.05) is 0 Å². The van der Waals surface area contributed by atoms with E-state index in [1.165, 1.54) is 12.1 Å². The van der Waals surface area contributed by atoms with Crippen LogP contribution in [-0.4, -0.2) is 42.7 Å². The van der Waals surface area contributed by atoms with Gasteiger partial charge in [-0.3, -0.25) is 0 Å². The van der Waals surface area contributed by atoms with Gasteiger partial charge in [0.05, 0.1) is 6.61 Å². The van der Waals surface area contributed by atoms with Crippen LogP contribution in [0.15, 0.2) is 27.6 Å². The smallest absolute Gasteiger partial charge is 0.409 e. The summed E-state index contributed by atoms with van der Waals surface area (Å²) in [7, 11) is 0. The van der Waals surface area contributed by atoms with Gasteiger partial charge in [0.1, 0.15) is 23.7 Å². The van der Waals surface area contributed by atoms with Gasteiger partial charge in [0.2, 0.25) is 0 Å². The van der Waals surface area contributed by atoms with Gasteiger partial charge in [-0.05, 0) is 44.9 Å². The highest BCUT2D eigenvalue weighted by Crippen LogP contribution is 2.26. The summed E-state index contributed by atoms with van der Waals surface area (Å²) in [5.74, 6) is 0.699. The molecule has 0 unspecified atom stereocenters. The van der Waals surface area contributed by atoms with Crippen LogP contribution in [-0.2, 0) is 11.3 Å². The molecule has 1 amide bonds. The molecule has 1 aliphatic rings. The Balaban J connectivity index is 1.55. The minimum Gasteiger partial charge on any atom is -0.459 e. The van der Waals surface area contributed by atoms with E-state index in [4.69, 9.17) is 14.9 Å². The van der Waals surface area contributed by atoms with Crippen LogP contribution >= 0.6 is 0 Å². The van der Waals surface area contributed by atoms with Crippen molar-refractivity contribution in [1.29, 1.82) is 0 Å². The third-order valence-electron chi connectivity index (χ3n) is 4.76. The van der Waals surface area contributed by atoms with E-state index in [2.05, 4.69) is 10.3 Å². The first kappa shape index (κ1) is 19.0. The number of rotatable bonds is 4. The molecule has 3 N–H and O–H groups in total. The summed E-state index contributed by atoms with van der Waals surface area (Å²) in [5, 5.41) is 3.94. The summed E-state index contributed by atoms with van der Waals surface area (Å²) in [6, 6.07) is 4.60. The minimum atomic E-state index is -0.295. The van der Waals surface area contributed by atoms with Gasteiger partial charge in [0.25, 0.3) is 0 Å². The van der Waals surface area contributed by atoms with Crippen LogP contribution in [0.1, 0.15) is 31.1 Å². The highest BCUT2D eigenvalue weighted by molar-refractivity contribution is 5.82. The summed E-state index contributed by atoms with van der Waals surface area (Å²) in [6.45, 7) is 5.58. The van der Waals surface area contributed by atoms with Gasteiger partial charge < -0.3 is 25.1 Å². The lowest BCUT2D eigenvalue weighted by Crippen LogP contribution is -2.48. The zero-order valence-electron chi connectivity index (χ0n) is 15.6. The number of ether oxygens (including phenoxy) is 1. The Hall–Kier alpha value is -2.77. The van der Waals surface area contributed by atoms with Crippen LogP contribution in [0.4, 0.5) is 9.18 Å². The lowest BCUT2D eigenvalue weighted by Gasteiger charge is -2.31. The fourth-order valence-corrected chi connectivity index (χ4v) is 3.23. The Morgan fingerprint density at radius 3 is 2.89 bits per heavy atom. The largest absolute Gasteiger partial charge is 0.459 e. The predicted octanol–water partition coefficient (Wildman–Crippen LogP) is 2.91. The van der Waals surface area contributed by atoms with Gasteiger partial charge >= 0.3 is 6.09 Å². The summed E-state index contributed by atoms with van der Waals surface area (Å²) >= 11 is 0. The number of halogens is 1. The molecule has 8 heteroatoms. The third kappa shape index (κ3) is 4.50. The number of carbonyl (C=O) groups excluding carboxylic acids is 1. The van der Waals surface area contributed by atoms with Crippen molar-refractivity contribution in [3.05, 3.63) is 35.3 Å². The second-order valence-corrected chi connectivity index (χ2v) is 6.60. The molecule has 0 radical (unpaired) electrons. The Morgan fingerprint density at radius 1 is 1.44 bits per heavy atom. The van der Waals surface area contributed by atoms with Crippen molar-refractivity contribution in [2.75, 3.05) is 19.7 Å². The van der Waals surface area contributed by atoms with Gasteiger partial charge in [-0.2, -0.15) is 0 Å². The number of fused-ring (bicyclic) bond motifs is 1. The van der Waals surface area contributed by atoms with Gasteiger partial charge in [-0.25, -0.2) is 14.2 Å². The monoisotopic (exact) mass is 376 g/mol. The number of furan rings is 1. The molecular weight excluding hydrogens is 351 g/mol. The van der Waals surface area contributed by atoms with E-state index in [9.17, 15) is 9.18 Å². The number of nitrogens with two attached hydrogens (primary N) is 1. The maximum Gasteiger partial charge on any atom is 0.409 e. The number of hydrogen-bond donors (Lipinski definition) is 2. The highest BCUT2D eigenvalue weighted by Gasteiger charge is 2.23. The average molecular weight is 376 g/mol. The predicted molar refractivity (Wildman–Crippen MR) is 101 cm³/mol. The number of guanidine groups is 1. The quantitative estimate of drug-likeness (QED) is 0.632. The van der Waals surface area contributed by atoms with E-state index in [1.54, 1.807) is 17.9 Å². The highest BCUT2D eigenvalue weighted by atomic mass is 19.1. The van der Waals surface area contributed by atoms with E-state index in [-0.39, 0.29) is 24.5 Å². The van der Waals surface area contributed by atoms with Crippen molar-refractivity contribution in [1.82, 2.24) is 10.2 Å². The molecule has 3 rings (SSSR count). The van der Waals surface area contributed by atoms with Crippen molar-refractivity contribution in [2.24, 2.45) is 10.7 Å². The summed E-state index contributed by atoms with van der Waals surface area (Å²) in [5.41, 5.74) is 7.50. The SMILES string of the molecule is CCOC(=O)N1CCC(NC(N)=NCc2oc3ccc(F)cc3c2C)CC1. The standard InChI is InChI=1S/C19H25FN4O3/c1-3-26-19(25)24-8-6-14(7-9-24)23-18(21)22-11-17-12(2)15-10-13(20)4-5-16(15)27-17/h4-5,10,14H,3,6-9,11H2,1-2H3,(H3,21,22,23). The number of aryl methyl sites for hydroxylation is 1. The molecule has 1 saturated heterocycles. The molecule has 0 aliphatic carbocycles. The van der Waals surface area contributed by atoms with Crippen LogP contribution in [0.25, 0.3) is 11.0 Å². The van der Waals surface area contributed by atoms with Crippen molar-refractivity contribution in [3.8, 4) is 0 Å². The maximum absolute atomic E-state index is 13.4. The van der Waals surface area contributed by atoms with Crippen molar-refractivity contribution in [3.63, 3.8) is 0 Å². The fourth-order valence-electron chi connectivity index (χ4n) is 3.23. The number of aliphatic imine (C=N–C) groups is 1. The number of benzene rings is 1. The topological polar surface area (TPSA) is 93.1 Å². The summed E-state index contributed by atoms with van der Waals surface area (Å²) < 4.78 is 24.1. The van der Waals surface area contributed by atoms with Gasteiger partial charge in [0.15, 0.2) is 5.96 Å². The maximum atomic E-state index is 13.4. The van der Waals surface area contributed by atoms with Crippen molar-refractivity contribution >= 4 is 23.0 Å². The molecule has 146 valence electrons. The zero-order chi connectivity index (χ0) is 19.4. The molecule has 0 bridgehead atoms. The molecule has 0 saturated carbocycles. The number of piperidine rings is 1. The molecule has 1 fully saturated rings. The molecule has 1 aromatic heterocycles. The van der Waals surface area contributed by atoms with Crippen LogP contribution in [0, 0.1) is 12.7 Å². The molecule has 2 heterocycles. The first-order chi connectivity index (χ1) is 13.0. The first-order valence-corrected chi connectivity index (χ1v) is 9.13. The Morgan fingerprint density at radius 2 is 2.19 bits per heavy atom. The minimum absolute atomic E-state index is 0.158. The number of carbonyl (C=O) groups is 1. The normalized spacial score (nSPS) is 16.0. The lowest BCUT2D eigenvalue weighted by atomic mass is 10.1. The van der Waals surface area contributed by atoms with E-state index >= 15 is 0 Å². The number of nitrogens with one attached hydrogen (secondary N) is 1. The zero-order valence-corrected chi connectivity index (χ0v) is 15.6. The number of hydrogen-bond acceptors (Lipinski definition) is 4. The number of likely N-dealkylation sites (tertiary alicyclic amines) is 1. The second kappa shape index (κ2) is 8.28. The van der Waals surface area contributed by atoms with E-state index in [1.807, 2.05) is 6.92 Å². The molecule has 2 aromatic rings. The van der Waals surface area contributed by atoms with E-state index in [0.29, 0.717) is 37.0 Å². The van der Waals surface area contributed by atoms with E-state index in [0.717, 1.165) is 23.8 Å². The molecule has 27 heavy (non-hydrogen) atoms. The summed E-state index contributed by atoms with van der Waals surface area (Å²) in [6.07, 6.45) is 1.28. The molecule has 1 aliphatic heterocycles. The molecule has 0 atom stereocenters. The second-order valence-electron chi connectivity index (χ2n) is 6.60. The van der Waals surface area contributed by atoms with Crippen LogP contribution < -0.4 is 11.1 Å². The van der Waals surface area contributed by atoms with Gasteiger partial charge in [-0.15, -0.1) is 0 Å². The Labute approximate surface area is 157 Å². The summed E-state index contributed by atoms with van der Waals surface area (Å²) in [4.78, 5) is 17.8.